The molecule has 5 heteroatoms. The number of nitrogens with two attached hydrogens (primary N) is 1. The van der Waals surface area contributed by atoms with E-state index in [1.807, 2.05) is 6.92 Å². The fraction of sp³-hybridized carbons (Fsp3) is 0.500. The molecule has 0 saturated heterocycles. The molecule has 0 atom stereocenters. The zero-order valence-corrected chi connectivity index (χ0v) is 9.44. The zero-order chi connectivity index (χ0) is 11.2. The van der Waals surface area contributed by atoms with E-state index in [-0.39, 0.29) is 5.54 Å². The third-order valence-corrected chi connectivity index (χ3v) is 2.31. The van der Waals surface area contributed by atoms with E-state index in [4.69, 9.17) is 5.73 Å². The number of aryl methyl sites for hydroxylation is 1. The Labute approximate surface area is 88.4 Å². The molecule has 0 radical (unpaired) electrons. The Morgan fingerprint density at radius 2 is 1.93 bits per heavy atom. The van der Waals surface area contributed by atoms with Crippen LogP contribution in [-0.2, 0) is 5.54 Å². The molecular weight excluding hydrogens is 190 g/mol. The van der Waals surface area contributed by atoms with Gasteiger partial charge in [-0.25, -0.2) is 15.0 Å². The molecule has 2 aromatic rings. The second-order valence-corrected chi connectivity index (χ2v) is 4.60. The fourth-order valence-electron chi connectivity index (χ4n) is 1.82. The third-order valence-electron chi connectivity index (χ3n) is 2.31. The van der Waals surface area contributed by atoms with Gasteiger partial charge in [0.2, 0.25) is 0 Å². The standard InChI is InChI=1S/C10H15N5/c1-6-14-7-8(11)12-5-13-9(7)15(6)10(2,3)4/h5H,1-4H3,(H2,11,12,13). The minimum absolute atomic E-state index is 0.0559. The second kappa shape index (κ2) is 2.92. The van der Waals surface area contributed by atoms with Crippen LogP contribution in [0.4, 0.5) is 5.82 Å². The summed E-state index contributed by atoms with van der Waals surface area (Å²) >= 11 is 0. The highest BCUT2D eigenvalue weighted by molar-refractivity contribution is 5.82. The van der Waals surface area contributed by atoms with Crippen molar-refractivity contribution >= 4 is 17.0 Å². The number of rotatable bonds is 0. The van der Waals surface area contributed by atoms with Gasteiger partial charge in [0.25, 0.3) is 0 Å². The first-order valence-corrected chi connectivity index (χ1v) is 4.87. The van der Waals surface area contributed by atoms with E-state index in [2.05, 4.69) is 40.3 Å². The van der Waals surface area contributed by atoms with Crippen molar-refractivity contribution in [2.24, 2.45) is 0 Å². The minimum atomic E-state index is -0.0559. The van der Waals surface area contributed by atoms with Gasteiger partial charge in [-0.1, -0.05) is 0 Å². The molecule has 0 amide bonds. The number of nitrogen functional groups attached to an aromatic ring is 1. The first kappa shape index (κ1) is 9.89. The summed E-state index contributed by atoms with van der Waals surface area (Å²) in [5.41, 5.74) is 7.18. The molecule has 0 aromatic carbocycles. The van der Waals surface area contributed by atoms with E-state index in [9.17, 15) is 0 Å². The van der Waals surface area contributed by atoms with Crippen LogP contribution >= 0.6 is 0 Å². The lowest BCUT2D eigenvalue weighted by molar-refractivity contribution is 0.397. The smallest absolute Gasteiger partial charge is 0.166 e. The highest BCUT2D eigenvalue weighted by Crippen LogP contribution is 2.24. The molecule has 0 aliphatic heterocycles. The SMILES string of the molecule is Cc1nc2c(N)ncnc2n1C(C)(C)C. The average molecular weight is 205 g/mol. The van der Waals surface area contributed by atoms with E-state index in [1.165, 1.54) is 6.33 Å². The Morgan fingerprint density at radius 1 is 1.27 bits per heavy atom. The fourth-order valence-corrected chi connectivity index (χ4v) is 1.82. The van der Waals surface area contributed by atoms with Crippen molar-refractivity contribution in [1.29, 1.82) is 0 Å². The van der Waals surface area contributed by atoms with Gasteiger partial charge < -0.3 is 10.3 Å². The number of nitrogens with zero attached hydrogens (tertiary/aromatic N) is 4. The van der Waals surface area contributed by atoms with Crippen molar-refractivity contribution in [2.75, 3.05) is 5.73 Å². The summed E-state index contributed by atoms with van der Waals surface area (Å²) in [6, 6.07) is 0. The highest BCUT2D eigenvalue weighted by atomic mass is 15.2. The largest absolute Gasteiger partial charge is 0.382 e. The van der Waals surface area contributed by atoms with Crippen LogP contribution in [-0.4, -0.2) is 19.5 Å². The number of anilines is 1. The van der Waals surface area contributed by atoms with Gasteiger partial charge in [-0.15, -0.1) is 0 Å². The zero-order valence-electron chi connectivity index (χ0n) is 9.44. The van der Waals surface area contributed by atoms with Crippen molar-refractivity contribution in [3.63, 3.8) is 0 Å². The van der Waals surface area contributed by atoms with Crippen LogP contribution in [0.25, 0.3) is 11.2 Å². The minimum Gasteiger partial charge on any atom is -0.382 e. The lowest BCUT2D eigenvalue weighted by Crippen LogP contribution is -2.23. The molecule has 0 aliphatic rings. The maximum absolute atomic E-state index is 5.75. The summed E-state index contributed by atoms with van der Waals surface area (Å²) in [7, 11) is 0. The van der Waals surface area contributed by atoms with Crippen molar-refractivity contribution in [3.8, 4) is 0 Å². The van der Waals surface area contributed by atoms with Crippen LogP contribution in [0, 0.1) is 6.92 Å². The van der Waals surface area contributed by atoms with E-state index in [0.29, 0.717) is 11.3 Å². The van der Waals surface area contributed by atoms with Gasteiger partial charge in [-0.2, -0.15) is 0 Å². The van der Waals surface area contributed by atoms with Gasteiger partial charge in [0, 0.05) is 5.54 Å². The number of hydrogen-bond donors (Lipinski definition) is 1. The van der Waals surface area contributed by atoms with Gasteiger partial charge >= 0.3 is 0 Å². The van der Waals surface area contributed by atoms with Crippen molar-refractivity contribution < 1.29 is 0 Å². The van der Waals surface area contributed by atoms with E-state index in [1.54, 1.807) is 0 Å². The summed E-state index contributed by atoms with van der Waals surface area (Å²) in [6.45, 7) is 8.28. The highest BCUT2D eigenvalue weighted by Gasteiger charge is 2.21. The Hall–Kier alpha value is -1.65. The Balaban J connectivity index is 2.86. The topological polar surface area (TPSA) is 69.6 Å². The molecule has 2 N–H and O–H groups in total. The van der Waals surface area contributed by atoms with Gasteiger partial charge in [-0.05, 0) is 27.7 Å². The van der Waals surface area contributed by atoms with Crippen LogP contribution in [0.2, 0.25) is 0 Å². The first-order valence-electron chi connectivity index (χ1n) is 4.87. The lowest BCUT2D eigenvalue weighted by atomic mass is 10.1. The predicted octanol–water partition coefficient (Wildman–Crippen LogP) is 1.47. The van der Waals surface area contributed by atoms with Crippen LogP contribution in [0.15, 0.2) is 6.33 Å². The van der Waals surface area contributed by atoms with Gasteiger partial charge in [0.05, 0.1) is 0 Å². The summed E-state index contributed by atoms with van der Waals surface area (Å²) in [5, 5.41) is 0. The van der Waals surface area contributed by atoms with Crippen LogP contribution in [0.1, 0.15) is 26.6 Å². The molecule has 0 bridgehead atoms. The van der Waals surface area contributed by atoms with E-state index < -0.39 is 0 Å². The number of imidazole rings is 1. The molecule has 2 rings (SSSR count). The van der Waals surface area contributed by atoms with Crippen LogP contribution in [0.5, 0.6) is 0 Å². The van der Waals surface area contributed by atoms with Crippen LogP contribution < -0.4 is 5.73 Å². The number of hydrogen-bond acceptors (Lipinski definition) is 4. The summed E-state index contributed by atoms with van der Waals surface area (Å²) in [4.78, 5) is 12.6. The molecular formula is C10H15N5. The Bertz CT molecular complexity index is 506. The second-order valence-electron chi connectivity index (χ2n) is 4.60. The lowest BCUT2D eigenvalue weighted by Gasteiger charge is -2.22. The van der Waals surface area contributed by atoms with Gasteiger partial charge in [0.1, 0.15) is 12.2 Å². The van der Waals surface area contributed by atoms with Crippen molar-refractivity contribution in [1.82, 2.24) is 19.5 Å². The van der Waals surface area contributed by atoms with E-state index >= 15 is 0 Å². The quantitative estimate of drug-likeness (QED) is 0.707. The van der Waals surface area contributed by atoms with Crippen LogP contribution in [0.3, 0.4) is 0 Å². The molecule has 2 aromatic heterocycles. The van der Waals surface area contributed by atoms with E-state index in [0.717, 1.165) is 11.5 Å². The molecule has 0 unspecified atom stereocenters. The Kier molecular flexibility index (Phi) is 1.92. The van der Waals surface area contributed by atoms with Gasteiger partial charge in [-0.3, -0.25) is 0 Å². The molecule has 0 spiro atoms. The molecule has 2 heterocycles. The number of aromatic nitrogens is 4. The average Bonchev–Trinajstić information content (AvgIpc) is 2.41. The monoisotopic (exact) mass is 205 g/mol. The molecule has 0 aliphatic carbocycles. The Morgan fingerprint density at radius 3 is 2.53 bits per heavy atom. The molecule has 80 valence electrons. The van der Waals surface area contributed by atoms with Crippen molar-refractivity contribution in [3.05, 3.63) is 12.2 Å². The normalized spacial score (nSPS) is 12.3. The molecule has 0 saturated carbocycles. The van der Waals surface area contributed by atoms with Gasteiger partial charge in [0.15, 0.2) is 17.0 Å². The summed E-state index contributed by atoms with van der Waals surface area (Å²) < 4.78 is 2.07. The number of fused-ring (bicyclic) bond motifs is 1. The van der Waals surface area contributed by atoms with Crippen molar-refractivity contribution in [2.45, 2.75) is 33.2 Å². The maximum Gasteiger partial charge on any atom is 0.166 e. The summed E-state index contributed by atoms with van der Waals surface area (Å²) in [6.07, 6.45) is 1.47. The predicted molar refractivity (Wildman–Crippen MR) is 59.5 cm³/mol. The maximum atomic E-state index is 5.75. The summed E-state index contributed by atoms with van der Waals surface area (Å²) in [5.74, 6) is 1.34. The third kappa shape index (κ3) is 1.44. The first-order chi connectivity index (χ1) is 6.91. The molecule has 5 nitrogen and oxygen atoms in total. The molecule has 0 fully saturated rings. The molecule has 15 heavy (non-hydrogen) atoms.